The Morgan fingerprint density at radius 1 is 1.25 bits per heavy atom. The number of allylic oxidation sites excluding steroid dienone is 1. The molecule has 0 rings (SSSR count). The summed E-state index contributed by atoms with van der Waals surface area (Å²) in [6.45, 7) is 6.75. The quantitative estimate of drug-likeness (QED) is 0.389. The fourth-order valence-electron chi connectivity index (χ4n) is 0.989. The molecule has 0 unspecified atom stereocenters. The summed E-state index contributed by atoms with van der Waals surface area (Å²) < 4.78 is 10.3. The first-order chi connectivity index (χ1) is 7.81. The highest BCUT2D eigenvalue weighted by Gasteiger charge is 1.97. The van der Waals surface area contributed by atoms with Crippen molar-refractivity contribution in [1.82, 2.24) is 5.32 Å². The molecular formula is C11H22N2O3. The number of nitrogens with one attached hydrogen (secondary N) is 1. The van der Waals surface area contributed by atoms with Gasteiger partial charge in [0.2, 0.25) is 5.91 Å². The third-order valence-corrected chi connectivity index (χ3v) is 1.78. The molecule has 0 heterocycles. The molecule has 0 aromatic rings. The van der Waals surface area contributed by atoms with Crippen molar-refractivity contribution in [1.29, 1.82) is 0 Å². The van der Waals surface area contributed by atoms with E-state index >= 15 is 0 Å². The van der Waals surface area contributed by atoms with Gasteiger partial charge in [-0.15, -0.1) is 6.58 Å². The third kappa shape index (κ3) is 11.2. The van der Waals surface area contributed by atoms with Crippen molar-refractivity contribution in [3.05, 3.63) is 12.7 Å². The second-order valence-electron chi connectivity index (χ2n) is 3.19. The van der Waals surface area contributed by atoms with E-state index in [1.54, 1.807) is 6.08 Å². The minimum atomic E-state index is 0.0304. The first kappa shape index (κ1) is 15.1. The average molecular weight is 230 g/mol. The summed E-state index contributed by atoms with van der Waals surface area (Å²) in [6.07, 6.45) is 2.92. The van der Waals surface area contributed by atoms with Crippen LogP contribution in [0, 0.1) is 0 Å². The summed E-state index contributed by atoms with van der Waals surface area (Å²) >= 11 is 0. The van der Waals surface area contributed by atoms with Crippen molar-refractivity contribution in [2.45, 2.75) is 12.8 Å². The van der Waals surface area contributed by atoms with Crippen LogP contribution in [-0.4, -0.2) is 45.4 Å². The van der Waals surface area contributed by atoms with Gasteiger partial charge in [-0.25, -0.2) is 0 Å². The van der Waals surface area contributed by atoms with Gasteiger partial charge in [0.25, 0.3) is 0 Å². The van der Waals surface area contributed by atoms with Gasteiger partial charge in [0.05, 0.1) is 26.4 Å². The number of ether oxygens (including phenoxy) is 2. The van der Waals surface area contributed by atoms with Gasteiger partial charge in [0.1, 0.15) is 0 Å². The zero-order valence-corrected chi connectivity index (χ0v) is 9.74. The van der Waals surface area contributed by atoms with E-state index in [2.05, 4.69) is 11.9 Å². The maximum absolute atomic E-state index is 11.1. The van der Waals surface area contributed by atoms with Crippen molar-refractivity contribution >= 4 is 5.91 Å². The van der Waals surface area contributed by atoms with Crippen molar-refractivity contribution in [2.24, 2.45) is 5.73 Å². The molecule has 3 N–H and O–H groups in total. The smallest absolute Gasteiger partial charge is 0.220 e. The van der Waals surface area contributed by atoms with Crippen LogP contribution < -0.4 is 11.1 Å². The summed E-state index contributed by atoms with van der Waals surface area (Å²) in [6, 6.07) is 0. The Morgan fingerprint density at radius 2 is 1.94 bits per heavy atom. The highest BCUT2D eigenvalue weighted by atomic mass is 16.5. The lowest BCUT2D eigenvalue weighted by molar-refractivity contribution is -0.121. The topological polar surface area (TPSA) is 73.6 Å². The Balaban J connectivity index is 3.08. The minimum absolute atomic E-state index is 0.0304. The van der Waals surface area contributed by atoms with E-state index in [1.807, 2.05) is 0 Å². The van der Waals surface area contributed by atoms with Crippen LogP contribution in [0.4, 0.5) is 0 Å². The van der Waals surface area contributed by atoms with Crippen LogP contribution in [0.3, 0.4) is 0 Å². The monoisotopic (exact) mass is 230 g/mol. The molecule has 0 atom stereocenters. The average Bonchev–Trinajstić information content (AvgIpc) is 2.30. The molecule has 0 aliphatic rings. The molecule has 0 spiro atoms. The number of amides is 1. The summed E-state index contributed by atoms with van der Waals surface area (Å²) in [5.41, 5.74) is 5.24. The summed E-state index contributed by atoms with van der Waals surface area (Å²) in [7, 11) is 0. The predicted molar refractivity (Wildman–Crippen MR) is 63.1 cm³/mol. The Kier molecular flexibility index (Phi) is 11.5. The Morgan fingerprint density at radius 3 is 2.56 bits per heavy atom. The maximum Gasteiger partial charge on any atom is 0.220 e. The van der Waals surface area contributed by atoms with E-state index in [0.717, 1.165) is 0 Å². The van der Waals surface area contributed by atoms with Crippen LogP contribution in [0.25, 0.3) is 0 Å². The molecule has 0 saturated heterocycles. The number of carbonyl (C=O) groups is 1. The number of hydrogen-bond donors (Lipinski definition) is 2. The number of rotatable bonds is 11. The molecule has 1 amide bonds. The minimum Gasteiger partial charge on any atom is -0.378 e. The van der Waals surface area contributed by atoms with E-state index in [9.17, 15) is 4.79 Å². The highest BCUT2D eigenvalue weighted by molar-refractivity contribution is 5.75. The lowest BCUT2D eigenvalue weighted by Crippen LogP contribution is -2.27. The van der Waals surface area contributed by atoms with E-state index in [-0.39, 0.29) is 5.91 Å². The normalized spacial score (nSPS) is 10.1. The first-order valence-corrected chi connectivity index (χ1v) is 5.54. The summed E-state index contributed by atoms with van der Waals surface area (Å²) in [5.74, 6) is 0.0304. The predicted octanol–water partition coefficient (Wildman–Crippen LogP) is 0.0607. The molecule has 0 radical (unpaired) electrons. The van der Waals surface area contributed by atoms with Crippen molar-refractivity contribution in [2.75, 3.05) is 39.5 Å². The number of carbonyl (C=O) groups excluding carboxylic acids is 1. The molecule has 0 aliphatic heterocycles. The Labute approximate surface area is 97.0 Å². The lowest BCUT2D eigenvalue weighted by atomic mass is 10.3. The van der Waals surface area contributed by atoms with Crippen LogP contribution in [0.1, 0.15) is 12.8 Å². The zero-order valence-electron chi connectivity index (χ0n) is 9.74. The molecule has 0 aliphatic carbocycles. The molecule has 0 fully saturated rings. The van der Waals surface area contributed by atoms with Gasteiger partial charge in [-0.05, 0) is 6.42 Å². The molecular weight excluding hydrogens is 208 g/mol. The third-order valence-electron chi connectivity index (χ3n) is 1.78. The van der Waals surface area contributed by atoms with Crippen LogP contribution in [0.5, 0.6) is 0 Å². The Bertz CT molecular complexity index is 186. The van der Waals surface area contributed by atoms with Crippen LogP contribution >= 0.6 is 0 Å². The number of nitrogens with two attached hydrogens (primary N) is 1. The largest absolute Gasteiger partial charge is 0.378 e. The van der Waals surface area contributed by atoms with Crippen molar-refractivity contribution in [3.63, 3.8) is 0 Å². The highest BCUT2D eigenvalue weighted by Crippen LogP contribution is 1.88. The van der Waals surface area contributed by atoms with Crippen LogP contribution in [-0.2, 0) is 14.3 Å². The molecule has 5 nitrogen and oxygen atoms in total. The molecule has 0 aromatic heterocycles. The standard InChI is InChI=1S/C11H22N2O3/c1-2-3-4-11(14)13-6-8-16-10-9-15-7-5-12/h2H,1,3-10,12H2,(H,13,14). The van der Waals surface area contributed by atoms with Gasteiger partial charge in [-0.2, -0.15) is 0 Å². The first-order valence-electron chi connectivity index (χ1n) is 5.54. The van der Waals surface area contributed by atoms with Gasteiger partial charge in [0.15, 0.2) is 0 Å². The fourth-order valence-corrected chi connectivity index (χ4v) is 0.989. The zero-order chi connectivity index (χ0) is 12.1. The maximum atomic E-state index is 11.1. The van der Waals surface area contributed by atoms with E-state index in [4.69, 9.17) is 15.2 Å². The van der Waals surface area contributed by atoms with Crippen LogP contribution in [0.15, 0.2) is 12.7 Å². The van der Waals surface area contributed by atoms with Gasteiger partial charge in [-0.3, -0.25) is 4.79 Å². The molecule has 0 aromatic carbocycles. The SMILES string of the molecule is C=CCCC(=O)NCCOCCOCCN. The van der Waals surface area contributed by atoms with E-state index in [0.29, 0.717) is 52.4 Å². The second kappa shape index (κ2) is 12.2. The molecule has 0 saturated carbocycles. The Hall–Kier alpha value is -0.910. The van der Waals surface area contributed by atoms with Gasteiger partial charge >= 0.3 is 0 Å². The van der Waals surface area contributed by atoms with Gasteiger partial charge in [-0.1, -0.05) is 6.08 Å². The molecule has 94 valence electrons. The summed E-state index contributed by atoms with van der Waals surface area (Å²) in [4.78, 5) is 11.1. The van der Waals surface area contributed by atoms with Gasteiger partial charge < -0.3 is 20.5 Å². The van der Waals surface area contributed by atoms with E-state index < -0.39 is 0 Å². The molecule has 16 heavy (non-hydrogen) atoms. The van der Waals surface area contributed by atoms with Crippen LogP contribution in [0.2, 0.25) is 0 Å². The van der Waals surface area contributed by atoms with Gasteiger partial charge in [0, 0.05) is 19.5 Å². The lowest BCUT2D eigenvalue weighted by Gasteiger charge is -2.06. The van der Waals surface area contributed by atoms with Crippen molar-refractivity contribution in [3.8, 4) is 0 Å². The summed E-state index contributed by atoms with van der Waals surface area (Å²) in [5, 5.41) is 2.75. The number of hydrogen-bond acceptors (Lipinski definition) is 4. The molecule has 5 heteroatoms. The molecule has 0 bridgehead atoms. The fraction of sp³-hybridized carbons (Fsp3) is 0.727. The van der Waals surface area contributed by atoms with E-state index in [1.165, 1.54) is 0 Å². The van der Waals surface area contributed by atoms with Crippen molar-refractivity contribution < 1.29 is 14.3 Å². The second-order valence-corrected chi connectivity index (χ2v) is 3.19.